The Balaban J connectivity index is 2.18. The van der Waals surface area contributed by atoms with E-state index >= 15 is 0 Å². The van der Waals surface area contributed by atoms with Gasteiger partial charge in [0.2, 0.25) is 5.91 Å². The fourth-order valence-corrected chi connectivity index (χ4v) is 5.11. The lowest BCUT2D eigenvalue weighted by Crippen LogP contribution is -2.53. The van der Waals surface area contributed by atoms with Gasteiger partial charge in [0, 0.05) is 17.4 Å². The Labute approximate surface area is 152 Å². The van der Waals surface area contributed by atoms with Crippen molar-refractivity contribution >= 4 is 11.7 Å². The highest BCUT2D eigenvalue weighted by atomic mass is 16.2. The van der Waals surface area contributed by atoms with Crippen molar-refractivity contribution in [1.29, 1.82) is 5.26 Å². The fraction of sp³-hybridized carbons (Fsp3) is 0.762. The van der Waals surface area contributed by atoms with Crippen LogP contribution in [0.4, 0.5) is 0 Å². The van der Waals surface area contributed by atoms with E-state index in [1.807, 2.05) is 19.9 Å². The van der Waals surface area contributed by atoms with Crippen molar-refractivity contribution < 1.29 is 9.59 Å². The van der Waals surface area contributed by atoms with Gasteiger partial charge >= 0.3 is 0 Å². The van der Waals surface area contributed by atoms with Gasteiger partial charge in [-0.2, -0.15) is 5.26 Å². The maximum atomic E-state index is 12.6. The van der Waals surface area contributed by atoms with Crippen LogP contribution >= 0.6 is 0 Å². The minimum absolute atomic E-state index is 0.0334. The van der Waals surface area contributed by atoms with E-state index < -0.39 is 5.41 Å². The maximum Gasteiger partial charge on any atom is 0.223 e. The van der Waals surface area contributed by atoms with Gasteiger partial charge in [0.15, 0.2) is 5.78 Å². The number of carbonyl (C=O) groups excluding carboxylic acids is 2. The van der Waals surface area contributed by atoms with Gasteiger partial charge in [0.1, 0.15) is 6.07 Å². The van der Waals surface area contributed by atoms with Crippen LogP contribution in [0.25, 0.3) is 0 Å². The zero-order valence-corrected chi connectivity index (χ0v) is 16.3. The summed E-state index contributed by atoms with van der Waals surface area (Å²) in [6.45, 7) is 10.3. The summed E-state index contributed by atoms with van der Waals surface area (Å²) >= 11 is 0. The third kappa shape index (κ3) is 3.66. The predicted octanol–water partition coefficient (Wildman–Crippen LogP) is 4.16. The number of carbonyl (C=O) groups is 2. The van der Waals surface area contributed by atoms with Crippen molar-refractivity contribution in [3.8, 4) is 6.07 Å². The standard InChI is InChI=1S/C21H32N2O2/c1-6-8-14(7-2)19(25)23-16-9-10-17-20(3,4)18(24)15(13-22)11-21(17,5)12-16/h11,14,16-17H,6-10,12H2,1-5H3,(H,23,25). The summed E-state index contributed by atoms with van der Waals surface area (Å²) in [6, 6.07) is 2.22. The molecule has 1 N–H and O–H groups in total. The number of allylic oxidation sites excluding steroid dienone is 2. The fourth-order valence-electron chi connectivity index (χ4n) is 5.11. The molecule has 0 spiro atoms. The van der Waals surface area contributed by atoms with E-state index in [1.165, 1.54) is 0 Å². The van der Waals surface area contributed by atoms with E-state index in [2.05, 4.69) is 32.2 Å². The number of hydrogen-bond donors (Lipinski definition) is 1. The monoisotopic (exact) mass is 344 g/mol. The average Bonchev–Trinajstić information content (AvgIpc) is 2.55. The summed E-state index contributed by atoms with van der Waals surface area (Å²) < 4.78 is 0. The van der Waals surface area contributed by atoms with E-state index in [0.29, 0.717) is 0 Å². The topological polar surface area (TPSA) is 70.0 Å². The second-order valence-electron chi connectivity index (χ2n) is 8.66. The van der Waals surface area contributed by atoms with Crippen LogP contribution in [0, 0.1) is 34.0 Å². The van der Waals surface area contributed by atoms with Crippen LogP contribution < -0.4 is 5.32 Å². The van der Waals surface area contributed by atoms with Crippen molar-refractivity contribution in [3.63, 3.8) is 0 Å². The summed E-state index contributed by atoms with van der Waals surface area (Å²) in [6.07, 6.45) is 7.30. The van der Waals surface area contributed by atoms with Gasteiger partial charge in [-0.15, -0.1) is 0 Å². The number of nitriles is 1. The van der Waals surface area contributed by atoms with Crippen LogP contribution in [0.15, 0.2) is 11.6 Å². The molecule has 2 aliphatic carbocycles. The molecule has 0 radical (unpaired) electrons. The first-order chi connectivity index (χ1) is 11.7. The molecule has 1 fully saturated rings. The third-order valence-electron chi connectivity index (χ3n) is 6.43. The molecule has 1 saturated carbocycles. The van der Waals surface area contributed by atoms with Gasteiger partial charge in [-0.3, -0.25) is 9.59 Å². The van der Waals surface area contributed by atoms with Crippen LogP contribution in [-0.4, -0.2) is 17.7 Å². The molecular formula is C21H32N2O2. The molecule has 4 nitrogen and oxygen atoms in total. The predicted molar refractivity (Wildman–Crippen MR) is 98.6 cm³/mol. The SMILES string of the molecule is CCCC(CC)C(=O)NC1CCC2C(C)(C=C(C#N)C(=O)C2(C)C)C1. The Morgan fingerprint density at radius 2 is 2.04 bits per heavy atom. The van der Waals surface area contributed by atoms with Crippen LogP contribution in [0.3, 0.4) is 0 Å². The molecule has 0 saturated heterocycles. The smallest absolute Gasteiger partial charge is 0.223 e. The lowest BCUT2D eigenvalue weighted by molar-refractivity contribution is -0.133. The molecule has 138 valence electrons. The van der Waals surface area contributed by atoms with Gasteiger partial charge in [-0.05, 0) is 43.4 Å². The molecule has 0 bridgehead atoms. The number of nitrogens with one attached hydrogen (secondary N) is 1. The number of hydrogen-bond acceptors (Lipinski definition) is 3. The highest BCUT2D eigenvalue weighted by molar-refractivity contribution is 6.04. The Bertz CT molecular complexity index is 614. The van der Waals surface area contributed by atoms with Gasteiger partial charge in [0.05, 0.1) is 5.57 Å². The molecular weight excluding hydrogens is 312 g/mol. The molecule has 0 aromatic carbocycles. The van der Waals surface area contributed by atoms with E-state index in [-0.39, 0.29) is 40.6 Å². The number of Topliss-reactive ketones (excluding diaryl/α,β-unsaturated/α-hetero) is 1. The Morgan fingerprint density at radius 3 is 2.60 bits per heavy atom. The highest BCUT2D eigenvalue weighted by Gasteiger charge is 2.53. The minimum atomic E-state index is -0.516. The summed E-state index contributed by atoms with van der Waals surface area (Å²) in [4.78, 5) is 25.1. The molecule has 4 heteroatoms. The molecule has 2 aliphatic rings. The van der Waals surface area contributed by atoms with E-state index in [0.717, 1.165) is 38.5 Å². The van der Waals surface area contributed by atoms with Crippen molar-refractivity contribution in [3.05, 3.63) is 11.6 Å². The molecule has 4 atom stereocenters. The summed E-state index contributed by atoms with van der Waals surface area (Å²) in [5.41, 5.74) is -0.448. The molecule has 0 aromatic heterocycles. The molecule has 0 heterocycles. The van der Waals surface area contributed by atoms with E-state index in [1.54, 1.807) is 0 Å². The first kappa shape index (κ1) is 19.7. The third-order valence-corrected chi connectivity index (χ3v) is 6.43. The largest absolute Gasteiger partial charge is 0.353 e. The van der Waals surface area contributed by atoms with Crippen LogP contribution in [0.1, 0.15) is 73.1 Å². The lowest BCUT2D eigenvalue weighted by atomic mass is 9.52. The summed E-state index contributed by atoms with van der Waals surface area (Å²) in [7, 11) is 0. The normalized spacial score (nSPS) is 32.2. The number of fused-ring (bicyclic) bond motifs is 1. The lowest BCUT2D eigenvalue weighted by Gasteiger charge is -2.52. The second-order valence-corrected chi connectivity index (χ2v) is 8.66. The molecule has 2 rings (SSSR count). The van der Waals surface area contributed by atoms with Gasteiger partial charge in [-0.25, -0.2) is 0 Å². The highest BCUT2D eigenvalue weighted by Crippen LogP contribution is 2.55. The maximum absolute atomic E-state index is 12.6. The van der Waals surface area contributed by atoms with E-state index in [4.69, 9.17) is 0 Å². The molecule has 1 amide bonds. The Morgan fingerprint density at radius 1 is 1.36 bits per heavy atom. The minimum Gasteiger partial charge on any atom is -0.353 e. The van der Waals surface area contributed by atoms with Crippen LogP contribution in [-0.2, 0) is 9.59 Å². The van der Waals surface area contributed by atoms with Gasteiger partial charge in [-0.1, -0.05) is 47.1 Å². The number of amides is 1. The van der Waals surface area contributed by atoms with Crippen LogP contribution in [0.2, 0.25) is 0 Å². The zero-order chi connectivity index (χ0) is 18.8. The van der Waals surface area contributed by atoms with Crippen LogP contribution in [0.5, 0.6) is 0 Å². The number of ketones is 1. The quantitative estimate of drug-likeness (QED) is 0.814. The number of nitrogens with zero attached hydrogens (tertiary/aromatic N) is 1. The first-order valence-electron chi connectivity index (χ1n) is 9.67. The summed E-state index contributed by atoms with van der Waals surface area (Å²) in [5, 5.41) is 12.6. The molecule has 25 heavy (non-hydrogen) atoms. The van der Waals surface area contributed by atoms with Crippen molar-refractivity contribution in [2.24, 2.45) is 22.7 Å². The zero-order valence-electron chi connectivity index (χ0n) is 16.3. The van der Waals surface area contributed by atoms with Gasteiger partial charge in [0.25, 0.3) is 0 Å². The van der Waals surface area contributed by atoms with Crippen molar-refractivity contribution in [2.45, 2.75) is 79.2 Å². The Kier molecular flexibility index (Phi) is 5.76. The van der Waals surface area contributed by atoms with Gasteiger partial charge < -0.3 is 5.32 Å². The second kappa shape index (κ2) is 7.32. The van der Waals surface area contributed by atoms with Crippen molar-refractivity contribution in [1.82, 2.24) is 5.32 Å². The Hall–Kier alpha value is -1.63. The first-order valence-corrected chi connectivity index (χ1v) is 9.67. The van der Waals surface area contributed by atoms with Crippen molar-refractivity contribution in [2.75, 3.05) is 0 Å². The molecule has 0 aromatic rings. The molecule has 4 unspecified atom stereocenters. The number of rotatable bonds is 5. The summed E-state index contributed by atoms with van der Waals surface area (Å²) in [5.74, 6) is 0.432. The molecule has 0 aliphatic heterocycles. The van der Waals surface area contributed by atoms with E-state index in [9.17, 15) is 14.9 Å². The average molecular weight is 344 g/mol.